The lowest BCUT2D eigenvalue weighted by molar-refractivity contribution is -0.137. The summed E-state index contributed by atoms with van der Waals surface area (Å²) in [4.78, 5) is 0. The predicted octanol–water partition coefficient (Wildman–Crippen LogP) is 2.46. The van der Waals surface area contributed by atoms with E-state index in [4.69, 9.17) is 10.5 Å². The van der Waals surface area contributed by atoms with Gasteiger partial charge in [-0.2, -0.15) is 13.2 Å². The molecular weight excluding hydrogens is 231 g/mol. The van der Waals surface area contributed by atoms with Gasteiger partial charge >= 0.3 is 6.18 Å². The van der Waals surface area contributed by atoms with Gasteiger partial charge in [0.25, 0.3) is 0 Å². The first kappa shape index (κ1) is 10.9. The largest absolute Gasteiger partial charge is 0.493 e. The standard InChI is InChI=1S/C12H12F3NO/c13-12(14,15)7-1-2-8-9(5-7)17-4-3-11(8)6-10(11)16/h1-2,5,10H,3-4,6,16H2. The number of hydrogen-bond acceptors (Lipinski definition) is 2. The van der Waals surface area contributed by atoms with Gasteiger partial charge in [-0.1, -0.05) is 6.07 Å². The lowest BCUT2D eigenvalue weighted by Gasteiger charge is -2.27. The minimum Gasteiger partial charge on any atom is -0.493 e. The fourth-order valence-corrected chi connectivity index (χ4v) is 2.64. The molecule has 0 radical (unpaired) electrons. The fraction of sp³-hybridized carbons (Fsp3) is 0.500. The molecule has 2 N–H and O–H groups in total. The highest BCUT2D eigenvalue weighted by atomic mass is 19.4. The van der Waals surface area contributed by atoms with Crippen LogP contribution in [-0.4, -0.2) is 12.6 Å². The monoisotopic (exact) mass is 243 g/mol. The van der Waals surface area contributed by atoms with Gasteiger partial charge in [-0.15, -0.1) is 0 Å². The first-order chi connectivity index (χ1) is 7.93. The molecule has 2 aliphatic rings. The highest BCUT2D eigenvalue weighted by molar-refractivity contribution is 5.49. The van der Waals surface area contributed by atoms with Crippen molar-refractivity contribution in [1.29, 1.82) is 0 Å². The third kappa shape index (κ3) is 1.52. The molecule has 1 heterocycles. The fourth-order valence-electron chi connectivity index (χ4n) is 2.64. The molecule has 2 nitrogen and oxygen atoms in total. The van der Waals surface area contributed by atoms with Crippen LogP contribution in [0.5, 0.6) is 5.75 Å². The zero-order chi connectivity index (χ0) is 12.3. The second-order valence-corrected chi connectivity index (χ2v) is 4.77. The summed E-state index contributed by atoms with van der Waals surface area (Å²) in [5.74, 6) is 0.346. The highest BCUT2D eigenvalue weighted by Gasteiger charge is 2.55. The first-order valence-corrected chi connectivity index (χ1v) is 5.54. The van der Waals surface area contributed by atoms with E-state index in [0.717, 1.165) is 30.5 Å². The molecule has 2 unspecified atom stereocenters. The maximum absolute atomic E-state index is 12.6. The molecule has 1 aliphatic carbocycles. The predicted molar refractivity (Wildman–Crippen MR) is 55.8 cm³/mol. The summed E-state index contributed by atoms with van der Waals surface area (Å²) < 4.78 is 43.0. The van der Waals surface area contributed by atoms with Crippen LogP contribution in [0.3, 0.4) is 0 Å². The molecule has 2 atom stereocenters. The van der Waals surface area contributed by atoms with E-state index in [-0.39, 0.29) is 11.5 Å². The molecule has 0 aromatic heterocycles. The van der Waals surface area contributed by atoms with E-state index in [9.17, 15) is 13.2 Å². The Kier molecular flexibility index (Phi) is 2.03. The molecule has 0 amide bonds. The molecule has 1 aromatic rings. The van der Waals surface area contributed by atoms with Crippen LogP contribution in [0.1, 0.15) is 24.0 Å². The van der Waals surface area contributed by atoms with Gasteiger partial charge in [-0.25, -0.2) is 0 Å². The normalized spacial score (nSPS) is 30.9. The molecular formula is C12H12F3NO. The van der Waals surface area contributed by atoms with Gasteiger partial charge in [0.05, 0.1) is 12.2 Å². The average molecular weight is 243 g/mol. The van der Waals surface area contributed by atoms with Crippen molar-refractivity contribution in [2.24, 2.45) is 5.73 Å². The molecule has 92 valence electrons. The Bertz CT molecular complexity index is 471. The molecule has 3 rings (SSSR count). The van der Waals surface area contributed by atoms with Crippen molar-refractivity contribution in [1.82, 2.24) is 0 Å². The van der Waals surface area contributed by atoms with E-state index >= 15 is 0 Å². The number of rotatable bonds is 0. The Balaban J connectivity index is 2.05. The molecule has 17 heavy (non-hydrogen) atoms. The third-order valence-electron chi connectivity index (χ3n) is 3.78. The minimum atomic E-state index is -4.32. The number of halogens is 3. The van der Waals surface area contributed by atoms with E-state index in [2.05, 4.69) is 0 Å². The number of alkyl halides is 3. The summed E-state index contributed by atoms with van der Waals surface area (Å²) in [6.45, 7) is 0.446. The van der Waals surface area contributed by atoms with Crippen molar-refractivity contribution < 1.29 is 17.9 Å². The zero-order valence-electron chi connectivity index (χ0n) is 9.05. The van der Waals surface area contributed by atoms with Gasteiger partial charge in [0.15, 0.2) is 0 Å². The van der Waals surface area contributed by atoms with E-state index in [1.165, 1.54) is 6.07 Å². The van der Waals surface area contributed by atoms with Crippen LogP contribution in [0.25, 0.3) is 0 Å². The van der Waals surface area contributed by atoms with Gasteiger partial charge in [0, 0.05) is 17.0 Å². The van der Waals surface area contributed by atoms with E-state index in [1.54, 1.807) is 0 Å². The van der Waals surface area contributed by atoms with Crippen molar-refractivity contribution in [3.63, 3.8) is 0 Å². The maximum atomic E-state index is 12.6. The molecule has 0 saturated heterocycles. The van der Waals surface area contributed by atoms with Crippen LogP contribution in [0.4, 0.5) is 13.2 Å². The summed E-state index contributed by atoms with van der Waals surface area (Å²) >= 11 is 0. The van der Waals surface area contributed by atoms with Crippen molar-refractivity contribution in [2.45, 2.75) is 30.5 Å². The zero-order valence-corrected chi connectivity index (χ0v) is 9.05. The first-order valence-electron chi connectivity index (χ1n) is 5.54. The second-order valence-electron chi connectivity index (χ2n) is 4.77. The summed E-state index contributed by atoms with van der Waals surface area (Å²) in [5, 5.41) is 0. The van der Waals surface area contributed by atoms with Crippen LogP contribution in [0, 0.1) is 0 Å². The Hall–Kier alpha value is -1.23. The van der Waals surface area contributed by atoms with Crippen LogP contribution in [-0.2, 0) is 11.6 Å². The number of ether oxygens (including phenoxy) is 1. The summed E-state index contributed by atoms with van der Waals surface area (Å²) in [6.07, 6.45) is -2.68. The van der Waals surface area contributed by atoms with Crippen molar-refractivity contribution in [3.05, 3.63) is 29.3 Å². The SMILES string of the molecule is NC1CC12CCOc1cc(C(F)(F)F)ccc12. The van der Waals surface area contributed by atoms with Gasteiger partial charge in [-0.3, -0.25) is 0 Å². The second kappa shape index (κ2) is 3.16. The molecule has 1 fully saturated rings. The molecule has 1 aromatic carbocycles. The van der Waals surface area contributed by atoms with Crippen molar-refractivity contribution in [2.75, 3.05) is 6.61 Å². The minimum absolute atomic E-state index is 0.0573. The maximum Gasteiger partial charge on any atom is 0.416 e. The van der Waals surface area contributed by atoms with Crippen LogP contribution in [0.15, 0.2) is 18.2 Å². The third-order valence-corrected chi connectivity index (χ3v) is 3.78. The Morgan fingerprint density at radius 3 is 2.65 bits per heavy atom. The van der Waals surface area contributed by atoms with Crippen LogP contribution >= 0.6 is 0 Å². The summed E-state index contributed by atoms with van der Waals surface area (Å²) in [7, 11) is 0. The number of fused-ring (bicyclic) bond motifs is 2. The summed E-state index contributed by atoms with van der Waals surface area (Å²) in [5.41, 5.74) is 5.94. The number of benzene rings is 1. The van der Waals surface area contributed by atoms with Crippen LogP contribution < -0.4 is 10.5 Å². The lowest BCUT2D eigenvalue weighted by atomic mass is 9.88. The van der Waals surface area contributed by atoms with Crippen LogP contribution in [0.2, 0.25) is 0 Å². The molecule has 1 saturated carbocycles. The number of nitrogens with two attached hydrogens (primary N) is 1. The Labute approximate surface area is 96.6 Å². The Morgan fingerprint density at radius 2 is 2.06 bits per heavy atom. The van der Waals surface area contributed by atoms with Gasteiger partial charge in [0.1, 0.15) is 5.75 Å². The van der Waals surface area contributed by atoms with Crippen molar-refractivity contribution >= 4 is 0 Å². The van der Waals surface area contributed by atoms with Gasteiger partial charge < -0.3 is 10.5 Å². The molecule has 1 spiro atoms. The van der Waals surface area contributed by atoms with Gasteiger partial charge in [-0.05, 0) is 25.0 Å². The highest BCUT2D eigenvalue weighted by Crippen LogP contribution is 2.55. The number of hydrogen-bond donors (Lipinski definition) is 1. The molecule has 0 bridgehead atoms. The lowest BCUT2D eigenvalue weighted by Crippen LogP contribution is -2.26. The van der Waals surface area contributed by atoms with E-state index in [1.807, 2.05) is 0 Å². The van der Waals surface area contributed by atoms with E-state index in [0.29, 0.717) is 12.4 Å². The average Bonchev–Trinajstić information content (AvgIpc) is 2.88. The molecule has 5 heteroatoms. The van der Waals surface area contributed by atoms with Crippen molar-refractivity contribution in [3.8, 4) is 5.75 Å². The molecule has 1 aliphatic heterocycles. The summed E-state index contributed by atoms with van der Waals surface area (Å²) in [6, 6.07) is 3.77. The van der Waals surface area contributed by atoms with E-state index < -0.39 is 11.7 Å². The quantitative estimate of drug-likeness (QED) is 0.759. The Morgan fingerprint density at radius 1 is 1.35 bits per heavy atom. The smallest absolute Gasteiger partial charge is 0.416 e. The topological polar surface area (TPSA) is 35.2 Å². The van der Waals surface area contributed by atoms with Gasteiger partial charge in [0.2, 0.25) is 0 Å².